The summed E-state index contributed by atoms with van der Waals surface area (Å²) in [4.78, 5) is 19.9. The van der Waals surface area contributed by atoms with Crippen LogP contribution < -0.4 is 9.64 Å². The number of benzene rings is 1. The summed E-state index contributed by atoms with van der Waals surface area (Å²) in [7, 11) is 2.33. The number of hydrogen-bond donors (Lipinski definition) is 0. The molecule has 4 aromatic heterocycles. The number of rotatable bonds is 8. The van der Waals surface area contributed by atoms with Gasteiger partial charge in [0.25, 0.3) is 0 Å². The number of methoxy groups -OCH3 is 1. The molecule has 0 fully saturated rings. The highest BCUT2D eigenvalue weighted by molar-refractivity contribution is 7.87. The molecule has 202 valence electrons. The van der Waals surface area contributed by atoms with E-state index in [0.29, 0.717) is 39.1 Å². The van der Waals surface area contributed by atoms with Crippen LogP contribution in [0, 0.1) is 0 Å². The van der Waals surface area contributed by atoms with E-state index < -0.39 is 10.2 Å². The van der Waals surface area contributed by atoms with Gasteiger partial charge < -0.3 is 9.64 Å². The second-order valence-electron chi connectivity index (χ2n) is 8.60. The monoisotopic (exact) mass is 587 g/mol. The molecule has 0 spiro atoms. The van der Waals surface area contributed by atoms with Gasteiger partial charge >= 0.3 is 10.2 Å². The van der Waals surface area contributed by atoms with Crippen LogP contribution in [0.15, 0.2) is 55.2 Å². The molecule has 0 aliphatic carbocycles. The molecule has 0 aliphatic rings. The molecule has 0 unspecified atom stereocenters. The summed E-state index contributed by atoms with van der Waals surface area (Å²) in [5, 5.41) is 4.71. The summed E-state index contributed by atoms with van der Waals surface area (Å²) in [6.45, 7) is -0.0547. The number of nitrogens with zero attached hydrogens (tertiary/aromatic N) is 9. The maximum atomic E-state index is 13.0. The first-order valence-electron chi connectivity index (χ1n) is 11.5. The minimum Gasteiger partial charge on any atom is -0.495 e. The minimum atomic E-state index is -3.86. The van der Waals surface area contributed by atoms with Crippen LogP contribution in [-0.4, -0.2) is 67.6 Å². The first kappa shape index (κ1) is 26.8. The highest BCUT2D eigenvalue weighted by Gasteiger charge is 2.26. The van der Waals surface area contributed by atoms with Gasteiger partial charge in [-0.05, 0) is 24.3 Å². The molecule has 0 saturated heterocycles. The van der Waals surface area contributed by atoms with E-state index in [2.05, 4.69) is 20.1 Å². The Bertz CT molecular complexity index is 1790. The standard InChI is InChI=1S/C24H23Cl2N9O3S/c1-32(2)39(36,37)35-10-9-27-21(35)14-34(23-16(25)5-7-19(38-4)22(23)26)20-8-6-17-24(31-20)30-18(12-28-17)15-11-29-33(3)13-15/h5-13H,14H2,1-4H3. The second-order valence-corrected chi connectivity index (χ2v) is 11.4. The van der Waals surface area contributed by atoms with Crippen LogP contribution in [0.1, 0.15) is 5.82 Å². The molecule has 39 heavy (non-hydrogen) atoms. The van der Waals surface area contributed by atoms with Gasteiger partial charge in [-0.3, -0.25) is 9.67 Å². The SMILES string of the molecule is COc1ccc(Cl)c(N(Cc2nccn2S(=O)(=O)N(C)C)c2ccc3ncc(-c4cnn(C)c4)nc3n2)c1Cl. The van der Waals surface area contributed by atoms with Gasteiger partial charge in [0.2, 0.25) is 0 Å². The number of halogens is 2. The largest absolute Gasteiger partial charge is 0.495 e. The van der Waals surface area contributed by atoms with Gasteiger partial charge in [0.15, 0.2) is 5.65 Å². The molecule has 5 rings (SSSR count). The zero-order valence-electron chi connectivity index (χ0n) is 21.3. The fourth-order valence-electron chi connectivity index (χ4n) is 3.89. The van der Waals surface area contributed by atoms with Crippen LogP contribution in [0.5, 0.6) is 5.75 Å². The van der Waals surface area contributed by atoms with Gasteiger partial charge in [-0.1, -0.05) is 23.2 Å². The number of aromatic nitrogens is 7. The normalized spacial score (nSPS) is 11.9. The van der Waals surface area contributed by atoms with E-state index in [1.165, 1.54) is 33.6 Å². The Morgan fingerprint density at radius 3 is 2.54 bits per heavy atom. The van der Waals surface area contributed by atoms with Crippen molar-refractivity contribution in [1.82, 2.24) is 38.0 Å². The molecule has 0 bridgehead atoms. The van der Waals surface area contributed by atoms with Crippen molar-refractivity contribution in [3.05, 3.63) is 71.1 Å². The first-order valence-corrected chi connectivity index (χ1v) is 13.6. The van der Waals surface area contributed by atoms with E-state index in [4.69, 9.17) is 32.9 Å². The molecular formula is C24H23Cl2N9O3S. The maximum Gasteiger partial charge on any atom is 0.308 e. The molecule has 0 atom stereocenters. The summed E-state index contributed by atoms with van der Waals surface area (Å²) in [6, 6.07) is 6.76. The Labute approximate surface area is 234 Å². The number of imidazole rings is 1. The fourth-order valence-corrected chi connectivity index (χ4v) is 5.48. The Morgan fingerprint density at radius 1 is 1.05 bits per heavy atom. The summed E-state index contributed by atoms with van der Waals surface area (Å²) in [5.41, 5.74) is 2.66. The van der Waals surface area contributed by atoms with Gasteiger partial charge in [0, 0.05) is 45.3 Å². The van der Waals surface area contributed by atoms with Crippen LogP contribution in [0.25, 0.3) is 22.4 Å². The minimum absolute atomic E-state index is 0.0547. The molecule has 12 nitrogen and oxygen atoms in total. The molecule has 0 aliphatic heterocycles. The van der Waals surface area contributed by atoms with Crippen LogP contribution in [-0.2, 0) is 23.8 Å². The average Bonchev–Trinajstić information content (AvgIpc) is 3.57. The van der Waals surface area contributed by atoms with Crippen molar-refractivity contribution in [3.8, 4) is 17.0 Å². The number of pyridine rings is 1. The zero-order valence-corrected chi connectivity index (χ0v) is 23.6. The van der Waals surface area contributed by atoms with E-state index in [-0.39, 0.29) is 17.4 Å². The summed E-state index contributed by atoms with van der Waals surface area (Å²) < 4.78 is 35.2. The van der Waals surface area contributed by atoms with Crippen molar-refractivity contribution in [2.45, 2.75) is 6.54 Å². The molecule has 0 amide bonds. The van der Waals surface area contributed by atoms with Crippen molar-refractivity contribution < 1.29 is 13.2 Å². The maximum absolute atomic E-state index is 13.0. The van der Waals surface area contributed by atoms with Crippen molar-refractivity contribution in [2.75, 3.05) is 26.1 Å². The van der Waals surface area contributed by atoms with E-state index >= 15 is 0 Å². The number of hydrogen-bond acceptors (Lipinski definition) is 9. The first-order chi connectivity index (χ1) is 18.6. The van der Waals surface area contributed by atoms with Crippen molar-refractivity contribution in [2.24, 2.45) is 7.05 Å². The van der Waals surface area contributed by atoms with Crippen molar-refractivity contribution in [1.29, 1.82) is 0 Å². The Morgan fingerprint density at radius 2 is 1.85 bits per heavy atom. The third kappa shape index (κ3) is 5.01. The molecule has 0 radical (unpaired) electrons. The molecule has 0 saturated carbocycles. The Kier molecular flexibility index (Phi) is 7.16. The van der Waals surface area contributed by atoms with E-state index in [9.17, 15) is 8.42 Å². The predicted molar refractivity (Wildman–Crippen MR) is 149 cm³/mol. The van der Waals surface area contributed by atoms with Gasteiger partial charge in [-0.25, -0.2) is 18.9 Å². The zero-order chi connectivity index (χ0) is 27.9. The average molecular weight is 588 g/mol. The Balaban J connectivity index is 1.68. The highest BCUT2D eigenvalue weighted by atomic mass is 35.5. The van der Waals surface area contributed by atoms with Crippen LogP contribution in [0.4, 0.5) is 11.5 Å². The third-order valence-corrected chi connectivity index (χ3v) is 8.30. The highest BCUT2D eigenvalue weighted by Crippen LogP contribution is 2.43. The van der Waals surface area contributed by atoms with Gasteiger partial charge in [-0.15, -0.1) is 0 Å². The van der Waals surface area contributed by atoms with E-state index in [1.807, 2.05) is 13.2 Å². The molecule has 0 N–H and O–H groups in total. The summed E-state index contributed by atoms with van der Waals surface area (Å²) in [6.07, 6.45) is 7.94. The van der Waals surface area contributed by atoms with E-state index in [0.717, 1.165) is 13.8 Å². The third-order valence-electron chi connectivity index (χ3n) is 5.88. The number of aryl methyl sites for hydroxylation is 1. The molecule has 1 aromatic carbocycles. The number of anilines is 2. The lowest BCUT2D eigenvalue weighted by Crippen LogP contribution is -2.31. The quantitative estimate of drug-likeness (QED) is 0.265. The number of fused-ring (bicyclic) bond motifs is 1. The molecular weight excluding hydrogens is 565 g/mol. The second kappa shape index (κ2) is 10.4. The van der Waals surface area contributed by atoms with Gasteiger partial charge in [0.05, 0.1) is 42.5 Å². The smallest absolute Gasteiger partial charge is 0.308 e. The Hall–Kier alpha value is -3.78. The van der Waals surface area contributed by atoms with Crippen LogP contribution in [0.2, 0.25) is 10.0 Å². The van der Waals surface area contributed by atoms with Gasteiger partial charge in [-0.2, -0.15) is 17.8 Å². The summed E-state index contributed by atoms with van der Waals surface area (Å²) in [5.74, 6) is 0.967. The lowest BCUT2D eigenvalue weighted by molar-refractivity contribution is 0.415. The predicted octanol–water partition coefficient (Wildman–Crippen LogP) is 3.93. The van der Waals surface area contributed by atoms with Crippen LogP contribution in [0.3, 0.4) is 0 Å². The van der Waals surface area contributed by atoms with Gasteiger partial charge in [0.1, 0.15) is 27.9 Å². The van der Waals surface area contributed by atoms with Crippen molar-refractivity contribution >= 4 is 56.1 Å². The fraction of sp³-hybridized carbons (Fsp3) is 0.208. The lowest BCUT2D eigenvalue weighted by Gasteiger charge is -2.27. The molecule has 4 heterocycles. The molecule has 15 heteroatoms. The van der Waals surface area contributed by atoms with Crippen LogP contribution >= 0.6 is 23.2 Å². The lowest BCUT2D eigenvalue weighted by atomic mass is 10.2. The number of ether oxygens (including phenoxy) is 1. The molecule has 5 aromatic rings. The van der Waals surface area contributed by atoms with Crippen molar-refractivity contribution in [3.63, 3.8) is 0 Å². The topological polar surface area (TPSA) is 124 Å². The van der Waals surface area contributed by atoms with E-state index in [1.54, 1.807) is 46.2 Å². The summed E-state index contributed by atoms with van der Waals surface area (Å²) >= 11 is 13.4.